The van der Waals surface area contributed by atoms with Gasteiger partial charge in [-0.25, -0.2) is 4.79 Å². The quantitative estimate of drug-likeness (QED) is 0.564. The Morgan fingerprint density at radius 1 is 1.38 bits per heavy atom. The highest BCUT2D eigenvalue weighted by molar-refractivity contribution is 6.04. The van der Waals surface area contributed by atoms with Gasteiger partial charge in [0.2, 0.25) is 5.91 Å². The molecule has 0 aromatic heterocycles. The average Bonchev–Trinajstić information content (AvgIpc) is 2.42. The van der Waals surface area contributed by atoms with Gasteiger partial charge < -0.3 is 10.6 Å². The molecule has 6 heteroatoms. The predicted octanol–water partition coefficient (Wildman–Crippen LogP) is -0.499. The molecule has 1 unspecified atom stereocenters. The molecule has 4 amide bonds. The van der Waals surface area contributed by atoms with E-state index in [0.29, 0.717) is 13.0 Å². The van der Waals surface area contributed by atoms with E-state index in [-0.39, 0.29) is 17.7 Å². The zero-order valence-electron chi connectivity index (χ0n) is 8.91. The standard InChI is InChI=1S/C10H15N3O3/c14-8(6-2-1-3-6)11-5-4-7-9(15)13-10(16)12-7/h6-7H,1-5H2,(H,11,14)(H2,12,13,15,16). The van der Waals surface area contributed by atoms with Crippen LogP contribution in [-0.2, 0) is 9.59 Å². The van der Waals surface area contributed by atoms with E-state index in [1.165, 1.54) is 0 Å². The van der Waals surface area contributed by atoms with Crippen molar-refractivity contribution in [3.8, 4) is 0 Å². The Balaban J connectivity index is 1.66. The number of hydrogen-bond donors (Lipinski definition) is 3. The Labute approximate surface area is 93.1 Å². The van der Waals surface area contributed by atoms with E-state index in [1.807, 2.05) is 0 Å². The zero-order valence-corrected chi connectivity index (χ0v) is 8.91. The number of imide groups is 1. The summed E-state index contributed by atoms with van der Waals surface area (Å²) < 4.78 is 0. The van der Waals surface area contributed by atoms with Crippen LogP contribution in [-0.4, -0.2) is 30.4 Å². The molecule has 0 spiro atoms. The van der Waals surface area contributed by atoms with Crippen molar-refractivity contribution in [3.05, 3.63) is 0 Å². The third-order valence-electron chi connectivity index (χ3n) is 3.07. The van der Waals surface area contributed by atoms with Gasteiger partial charge in [-0.15, -0.1) is 0 Å². The molecule has 2 fully saturated rings. The predicted molar refractivity (Wildman–Crippen MR) is 55.4 cm³/mol. The molecular formula is C10H15N3O3. The van der Waals surface area contributed by atoms with Gasteiger partial charge in [-0.1, -0.05) is 6.42 Å². The van der Waals surface area contributed by atoms with E-state index in [1.54, 1.807) is 0 Å². The fourth-order valence-electron chi connectivity index (χ4n) is 1.82. The van der Waals surface area contributed by atoms with Gasteiger partial charge in [0.1, 0.15) is 6.04 Å². The summed E-state index contributed by atoms with van der Waals surface area (Å²) in [6.45, 7) is 0.424. The van der Waals surface area contributed by atoms with Crippen LogP contribution in [0, 0.1) is 5.92 Å². The van der Waals surface area contributed by atoms with E-state index in [0.717, 1.165) is 19.3 Å². The summed E-state index contributed by atoms with van der Waals surface area (Å²) in [5.41, 5.74) is 0. The Morgan fingerprint density at radius 3 is 2.62 bits per heavy atom. The molecule has 1 atom stereocenters. The van der Waals surface area contributed by atoms with E-state index in [4.69, 9.17) is 0 Å². The molecule has 0 aromatic carbocycles. The van der Waals surface area contributed by atoms with E-state index < -0.39 is 12.1 Å². The van der Waals surface area contributed by atoms with Crippen molar-refractivity contribution in [2.24, 2.45) is 5.92 Å². The third kappa shape index (κ3) is 2.32. The van der Waals surface area contributed by atoms with Crippen LogP contribution in [0.15, 0.2) is 0 Å². The topological polar surface area (TPSA) is 87.3 Å². The SMILES string of the molecule is O=C1NC(=O)C(CCNC(=O)C2CCC2)N1. The second kappa shape index (κ2) is 4.51. The maximum atomic E-state index is 11.4. The van der Waals surface area contributed by atoms with Gasteiger partial charge in [-0.3, -0.25) is 14.9 Å². The van der Waals surface area contributed by atoms with Gasteiger partial charge >= 0.3 is 6.03 Å². The highest BCUT2D eigenvalue weighted by Gasteiger charge is 2.29. The summed E-state index contributed by atoms with van der Waals surface area (Å²) in [6.07, 6.45) is 3.49. The van der Waals surface area contributed by atoms with Crippen LogP contribution in [0.5, 0.6) is 0 Å². The molecule has 2 rings (SSSR count). The number of carbonyl (C=O) groups excluding carboxylic acids is 3. The Bertz CT molecular complexity index is 325. The van der Waals surface area contributed by atoms with Crippen molar-refractivity contribution in [3.63, 3.8) is 0 Å². The van der Waals surface area contributed by atoms with Crippen LogP contribution < -0.4 is 16.0 Å². The van der Waals surface area contributed by atoms with Crippen LogP contribution >= 0.6 is 0 Å². The Morgan fingerprint density at radius 2 is 2.12 bits per heavy atom. The maximum absolute atomic E-state index is 11.4. The molecule has 1 saturated carbocycles. The normalized spacial score (nSPS) is 24.6. The van der Waals surface area contributed by atoms with E-state index in [9.17, 15) is 14.4 Å². The van der Waals surface area contributed by atoms with Gasteiger partial charge in [0.05, 0.1) is 0 Å². The lowest BCUT2D eigenvalue weighted by atomic mass is 9.85. The number of hydrogen-bond acceptors (Lipinski definition) is 3. The molecule has 88 valence electrons. The average molecular weight is 225 g/mol. The minimum Gasteiger partial charge on any atom is -0.356 e. The second-order valence-corrected chi connectivity index (χ2v) is 4.22. The number of urea groups is 1. The second-order valence-electron chi connectivity index (χ2n) is 4.22. The van der Waals surface area contributed by atoms with Gasteiger partial charge in [0.25, 0.3) is 5.91 Å². The van der Waals surface area contributed by atoms with Gasteiger partial charge in [0.15, 0.2) is 0 Å². The van der Waals surface area contributed by atoms with Crippen molar-refractivity contribution in [2.45, 2.75) is 31.7 Å². The lowest BCUT2D eigenvalue weighted by Crippen LogP contribution is -2.38. The molecular weight excluding hydrogens is 210 g/mol. The maximum Gasteiger partial charge on any atom is 0.322 e. The van der Waals surface area contributed by atoms with Gasteiger partial charge in [0, 0.05) is 12.5 Å². The van der Waals surface area contributed by atoms with Crippen LogP contribution in [0.4, 0.5) is 4.79 Å². The summed E-state index contributed by atoms with van der Waals surface area (Å²) in [6, 6.07) is -0.963. The Kier molecular flexibility index (Phi) is 3.07. The number of rotatable bonds is 4. The fourth-order valence-corrected chi connectivity index (χ4v) is 1.82. The van der Waals surface area contributed by atoms with Crippen molar-refractivity contribution < 1.29 is 14.4 Å². The molecule has 1 saturated heterocycles. The number of nitrogens with one attached hydrogen (secondary N) is 3. The highest BCUT2D eigenvalue weighted by Crippen LogP contribution is 2.26. The first-order chi connectivity index (χ1) is 7.66. The van der Waals surface area contributed by atoms with Crippen molar-refractivity contribution in [1.82, 2.24) is 16.0 Å². The molecule has 1 aliphatic heterocycles. The first kappa shape index (κ1) is 10.9. The largest absolute Gasteiger partial charge is 0.356 e. The van der Waals surface area contributed by atoms with Crippen LogP contribution in [0.1, 0.15) is 25.7 Å². The van der Waals surface area contributed by atoms with Crippen LogP contribution in [0.3, 0.4) is 0 Å². The van der Waals surface area contributed by atoms with E-state index in [2.05, 4.69) is 16.0 Å². The first-order valence-electron chi connectivity index (χ1n) is 5.56. The molecule has 1 heterocycles. The zero-order chi connectivity index (χ0) is 11.5. The third-order valence-corrected chi connectivity index (χ3v) is 3.07. The molecule has 0 bridgehead atoms. The molecule has 0 radical (unpaired) electrons. The lowest BCUT2D eigenvalue weighted by Gasteiger charge is -2.24. The van der Waals surface area contributed by atoms with Crippen molar-refractivity contribution in [2.75, 3.05) is 6.54 Å². The molecule has 1 aliphatic carbocycles. The fraction of sp³-hybridized carbons (Fsp3) is 0.700. The summed E-state index contributed by atoms with van der Waals surface area (Å²) >= 11 is 0. The molecule has 2 aliphatic rings. The smallest absolute Gasteiger partial charge is 0.322 e. The van der Waals surface area contributed by atoms with Crippen LogP contribution in [0.2, 0.25) is 0 Å². The lowest BCUT2D eigenvalue weighted by molar-refractivity contribution is -0.127. The monoisotopic (exact) mass is 225 g/mol. The van der Waals surface area contributed by atoms with Crippen LogP contribution in [0.25, 0.3) is 0 Å². The molecule has 16 heavy (non-hydrogen) atoms. The van der Waals surface area contributed by atoms with Crippen molar-refractivity contribution in [1.29, 1.82) is 0 Å². The van der Waals surface area contributed by atoms with E-state index >= 15 is 0 Å². The van der Waals surface area contributed by atoms with Gasteiger partial charge in [-0.2, -0.15) is 0 Å². The number of amides is 4. The molecule has 3 N–H and O–H groups in total. The molecule has 6 nitrogen and oxygen atoms in total. The summed E-state index contributed by atoms with van der Waals surface area (Å²) in [4.78, 5) is 33.4. The van der Waals surface area contributed by atoms with Crippen molar-refractivity contribution >= 4 is 17.8 Å². The molecule has 0 aromatic rings. The minimum atomic E-state index is -0.505. The highest BCUT2D eigenvalue weighted by atomic mass is 16.2. The first-order valence-corrected chi connectivity index (χ1v) is 5.56. The number of carbonyl (C=O) groups is 3. The summed E-state index contributed by atoms with van der Waals surface area (Å²) in [5, 5.41) is 7.41. The minimum absolute atomic E-state index is 0.0657. The Hall–Kier alpha value is -1.59. The van der Waals surface area contributed by atoms with Gasteiger partial charge in [-0.05, 0) is 19.3 Å². The summed E-state index contributed by atoms with van der Waals surface area (Å²) in [7, 11) is 0. The summed E-state index contributed by atoms with van der Waals surface area (Å²) in [5.74, 6) is -0.0918.